The number of aromatic nitrogens is 2. The smallest absolute Gasteiger partial charge is 0.251 e. The van der Waals surface area contributed by atoms with Gasteiger partial charge in [0, 0.05) is 12.5 Å². The third kappa shape index (κ3) is 3.62. The van der Waals surface area contributed by atoms with Crippen LogP contribution in [0.15, 0.2) is 29.1 Å². The highest BCUT2D eigenvalue weighted by Gasteiger charge is 2.08. The van der Waals surface area contributed by atoms with Gasteiger partial charge in [-0.15, -0.1) is 0 Å². The van der Waals surface area contributed by atoms with E-state index >= 15 is 0 Å². The predicted molar refractivity (Wildman–Crippen MR) is 81.3 cm³/mol. The van der Waals surface area contributed by atoms with Crippen molar-refractivity contribution >= 4 is 0 Å². The van der Waals surface area contributed by atoms with E-state index in [0.717, 1.165) is 11.3 Å². The van der Waals surface area contributed by atoms with E-state index in [4.69, 9.17) is 9.47 Å². The van der Waals surface area contributed by atoms with Crippen LogP contribution in [-0.4, -0.2) is 24.2 Å². The first kappa shape index (κ1) is 15.1. The molecule has 0 bridgehead atoms. The first-order chi connectivity index (χ1) is 10.0. The minimum absolute atomic E-state index is 0.121. The molecule has 2 rings (SSSR count). The summed E-state index contributed by atoms with van der Waals surface area (Å²) in [6.45, 7) is 4.03. The molecule has 1 N–H and O–H groups in total. The predicted octanol–water partition coefficient (Wildman–Crippen LogP) is 2.50. The van der Waals surface area contributed by atoms with Crippen LogP contribution in [0.2, 0.25) is 0 Å². The lowest BCUT2D eigenvalue weighted by Gasteiger charge is -2.10. The van der Waals surface area contributed by atoms with E-state index < -0.39 is 0 Å². The molecule has 0 saturated carbocycles. The summed E-state index contributed by atoms with van der Waals surface area (Å²) in [5, 5.41) is 0. The Balaban J connectivity index is 2.32. The second kappa shape index (κ2) is 6.43. The summed E-state index contributed by atoms with van der Waals surface area (Å²) in [4.78, 5) is 19.0. The van der Waals surface area contributed by atoms with E-state index in [1.165, 1.54) is 0 Å². The highest BCUT2D eigenvalue weighted by Crippen LogP contribution is 2.28. The minimum Gasteiger partial charge on any atom is -0.493 e. The molecule has 5 heteroatoms. The van der Waals surface area contributed by atoms with Crippen LogP contribution >= 0.6 is 0 Å². The molecule has 0 unspecified atom stereocenters. The number of hydrogen-bond donors (Lipinski definition) is 1. The van der Waals surface area contributed by atoms with Crippen molar-refractivity contribution in [3.8, 4) is 11.5 Å². The fourth-order valence-electron chi connectivity index (χ4n) is 2.09. The highest BCUT2D eigenvalue weighted by atomic mass is 16.5. The number of methoxy groups -OCH3 is 2. The fraction of sp³-hybridized carbons (Fsp3) is 0.375. The Kier molecular flexibility index (Phi) is 4.62. The van der Waals surface area contributed by atoms with E-state index in [9.17, 15) is 4.79 Å². The summed E-state index contributed by atoms with van der Waals surface area (Å²) in [6.07, 6.45) is 0.538. The molecule has 0 aliphatic carbocycles. The maximum Gasteiger partial charge on any atom is 0.251 e. The van der Waals surface area contributed by atoms with Crippen LogP contribution < -0.4 is 15.0 Å². The molecule has 1 aromatic heterocycles. The number of nitrogens with one attached hydrogen (secondary N) is 1. The number of hydrogen-bond acceptors (Lipinski definition) is 4. The van der Waals surface area contributed by atoms with Crippen LogP contribution in [0.25, 0.3) is 0 Å². The first-order valence-corrected chi connectivity index (χ1v) is 6.84. The lowest BCUT2D eigenvalue weighted by Crippen LogP contribution is -2.13. The largest absolute Gasteiger partial charge is 0.493 e. The number of nitrogens with zero attached hydrogens (tertiary/aromatic N) is 1. The third-order valence-electron chi connectivity index (χ3n) is 3.22. The second-order valence-electron chi connectivity index (χ2n) is 5.14. The van der Waals surface area contributed by atoms with Crippen molar-refractivity contribution in [1.29, 1.82) is 0 Å². The van der Waals surface area contributed by atoms with Gasteiger partial charge in [0.25, 0.3) is 5.56 Å². The Morgan fingerprint density at radius 2 is 1.86 bits per heavy atom. The molecule has 21 heavy (non-hydrogen) atoms. The number of benzene rings is 1. The number of H-pyrrole nitrogens is 1. The van der Waals surface area contributed by atoms with E-state index in [0.29, 0.717) is 23.7 Å². The molecule has 1 heterocycles. The summed E-state index contributed by atoms with van der Waals surface area (Å²) in [6, 6.07) is 7.21. The quantitative estimate of drug-likeness (QED) is 0.918. The van der Waals surface area contributed by atoms with Crippen LogP contribution in [-0.2, 0) is 6.42 Å². The molecule has 112 valence electrons. The maximum atomic E-state index is 11.7. The van der Waals surface area contributed by atoms with Gasteiger partial charge in [-0.3, -0.25) is 4.79 Å². The topological polar surface area (TPSA) is 64.2 Å². The van der Waals surface area contributed by atoms with Crippen LogP contribution in [0.3, 0.4) is 0 Å². The monoisotopic (exact) mass is 288 g/mol. The first-order valence-electron chi connectivity index (χ1n) is 6.84. The van der Waals surface area contributed by atoms with Gasteiger partial charge in [-0.05, 0) is 23.6 Å². The van der Waals surface area contributed by atoms with E-state index in [1.54, 1.807) is 20.3 Å². The van der Waals surface area contributed by atoms with Gasteiger partial charge >= 0.3 is 0 Å². The highest BCUT2D eigenvalue weighted by molar-refractivity contribution is 5.43. The molecule has 0 amide bonds. The summed E-state index contributed by atoms with van der Waals surface area (Å²) >= 11 is 0. The fourth-order valence-corrected chi connectivity index (χ4v) is 2.09. The third-order valence-corrected chi connectivity index (χ3v) is 3.22. The molecular weight excluding hydrogens is 268 g/mol. The zero-order chi connectivity index (χ0) is 15.4. The van der Waals surface area contributed by atoms with Crippen LogP contribution in [0, 0.1) is 0 Å². The summed E-state index contributed by atoms with van der Waals surface area (Å²) in [5.74, 6) is 2.21. The molecule has 0 radical (unpaired) electrons. The van der Waals surface area contributed by atoms with Gasteiger partial charge < -0.3 is 14.5 Å². The van der Waals surface area contributed by atoms with Gasteiger partial charge in [0.1, 0.15) is 5.82 Å². The molecule has 0 atom stereocenters. The Hall–Kier alpha value is -2.30. The SMILES string of the molecule is COc1ccc(Cc2nc(C(C)C)cc(=O)[nH]2)cc1OC. The molecule has 0 aliphatic heterocycles. The second-order valence-corrected chi connectivity index (χ2v) is 5.14. The molecular formula is C16H20N2O3. The molecule has 0 spiro atoms. The molecule has 2 aromatic rings. The van der Waals surface area contributed by atoms with Crippen molar-refractivity contribution in [2.75, 3.05) is 14.2 Å². The lowest BCUT2D eigenvalue weighted by molar-refractivity contribution is 0.354. The average Bonchev–Trinajstić information content (AvgIpc) is 2.46. The van der Waals surface area contributed by atoms with Gasteiger partial charge in [0.05, 0.1) is 19.9 Å². The number of aromatic amines is 1. The van der Waals surface area contributed by atoms with Crippen molar-refractivity contribution in [2.45, 2.75) is 26.2 Å². The zero-order valence-electron chi connectivity index (χ0n) is 12.8. The summed E-state index contributed by atoms with van der Waals surface area (Å²) in [5.41, 5.74) is 1.68. The van der Waals surface area contributed by atoms with Crippen molar-refractivity contribution in [3.63, 3.8) is 0 Å². The van der Waals surface area contributed by atoms with Gasteiger partial charge in [-0.25, -0.2) is 4.98 Å². The maximum absolute atomic E-state index is 11.7. The zero-order valence-corrected chi connectivity index (χ0v) is 12.8. The molecule has 1 aromatic carbocycles. The molecule has 0 saturated heterocycles. The lowest BCUT2D eigenvalue weighted by atomic mass is 10.1. The Morgan fingerprint density at radius 3 is 2.48 bits per heavy atom. The van der Waals surface area contributed by atoms with Crippen LogP contribution in [0.5, 0.6) is 11.5 Å². The Morgan fingerprint density at radius 1 is 1.14 bits per heavy atom. The number of ether oxygens (including phenoxy) is 2. The minimum atomic E-state index is -0.121. The van der Waals surface area contributed by atoms with Crippen LogP contribution in [0.4, 0.5) is 0 Å². The van der Waals surface area contributed by atoms with E-state index in [-0.39, 0.29) is 11.5 Å². The average molecular weight is 288 g/mol. The Labute approximate surface area is 124 Å². The van der Waals surface area contributed by atoms with Gasteiger partial charge in [-0.2, -0.15) is 0 Å². The normalized spacial score (nSPS) is 10.7. The van der Waals surface area contributed by atoms with Crippen molar-refractivity contribution in [1.82, 2.24) is 9.97 Å². The van der Waals surface area contributed by atoms with Crippen molar-refractivity contribution < 1.29 is 9.47 Å². The van der Waals surface area contributed by atoms with E-state index in [2.05, 4.69) is 9.97 Å². The van der Waals surface area contributed by atoms with Gasteiger partial charge in [0.2, 0.25) is 0 Å². The van der Waals surface area contributed by atoms with E-state index in [1.807, 2.05) is 32.0 Å². The van der Waals surface area contributed by atoms with Gasteiger partial charge in [0.15, 0.2) is 11.5 Å². The van der Waals surface area contributed by atoms with Crippen molar-refractivity contribution in [2.24, 2.45) is 0 Å². The molecule has 0 fully saturated rings. The van der Waals surface area contributed by atoms with Crippen molar-refractivity contribution in [3.05, 3.63) is 51.7 Å². The van der Waals surface area contributed by atoms with Crippen LogP contribution in [0.1, 0.15) is 36.8 Å². The Bertz CT molecular complexity index is 677. The molecule has 5 nitrogen and oxygen atoms in total. The summed E-state index contributed by atoms with van der Waals surface area (Å²) in [7, 11) is 3.20. The standard InChI is InChI=1S/C16H20N2O3/c1-10(2)12-9-16(19)18-15(17-12)8-11-5-6-13(20-3)14(7-11)21-4/h5-7,9-10H,8H2,1-4H3,(H,17,18,19). The summed E-state index contributed by atoms with van der Waals surface area (Å²) < 4.78 is 10.5. The molecule has 0 aliphatic rings. The van der Waals surface area contributed by atoms with Gasteiger partial charge in [-0.1, -0.05) is 19.9 Å². The number of rotatable bonds is 5.